The number of likely N-dealkylation sites (N-methyl/N-ethyl adjacent to an activating group) is 1. The van der Waals surface area contributed by atoms with Crippen molar-refractivity contribution in [3.63, 3.8) is 0 Å². The molecular weight excluding hydrogens is 351 g/mol. The van der Waals surface area contributed by atoms with E-state index in [-0.39, 0.29) is 19.0 Å². The summed E-state index contributed by atoms with van der Waals surface area (Å²) >= 11 is 0. The van der Waals surface area contributed by atoms with Gasteiger partial charge in [-0.25, -0.2) is 14.3 Å². The van der Waals surface area contributed by atoms with Crippen molar-refractivity contribution in [1.82, 2.24) is 24.7 Å². The Hall–Kier alpha value is -1.81. The van der Waals surface area contributed by atoms with Crippen molar-refractivity contribution in [2.24, 2.45) is 0 Å². The minimum Gasteiger partial charge on any atom is -0.463 e. The van der Waals surface area contributed by atoms with Crippen LogP contribution in [0.2, 0.25) is 0 Å². The highest BCUT2D eigenvalue weighted by molar-refractivity contribution is 5.78. The minimum atomic E-state index is -4.21. The molecule has 0 bridgehead atoms. The van der Waals surface area contributed by atoms with Gasteiger partial charge in [0.15, 0.2) is 0 Å². The average molecular weight is 377 g/mol. The van der Waals surface area contributed by atoms with Crippen LogP contribution in [0.15, 0.2) is 6.20 Å². The third-order valence-corrected chi connectivity index (χ3v) is 4.16. The molecule has 1 N–H and O–H groups in total. The lowest BCUT2D eigenvalue weighted by atomic mass is 10.3. The molecule has 2 rings (SSSR count). The number of halogens is 3. The Kier molecular flexibility index (Phi) is 7.27. The quantitative estimate of drug-likeness (QED) is 0.733. The summed E-state index contributed by atoms with van der Waals surface area (Å²) in [7, 11) is 2.08. The Morgan fingerprint density at radius 3 is 2.65 bits per heavy atom. The van der Waals surface area contributed by atoms with Crippen molar-refractivity contribution in [3.8, 4) is 6.01 Å². The molecule has 0 aromatic carbocycles. The summed E-state index contributed by atoms with van der Waals surface area (Å²) in [6, 6.07) is -0.382. The summed E-state index contributed by atoms with van der Waals surface area (Å²) in [6.07, 6.45) is -3.80. The van der Waals surface area contributed by atoms with Gasteiger partial charge < -0.3 is 15.0 Å². The molecule has 0 atom stereocenters. The van der Waals surface area contributed by atoms with Gasteiger partial charge in [-0.05, 0) is 20.4 Å². The summed E-state index contributed by atoms with van der Waals surface area (Å²) in [5.74, 6) is 0. The first kappa shape index (κ1) is 20.5. The molecule has 0 unspecified atom stereocenters. The maximum Gasteiger partial charge on any atom is 0.389 e. The molecule has 0 spiro atoms. The summed E-state index contributed by atoms with van der Waals surface area (Å²) < 4.78 is 43.2. The molecule has 1 amide bonds. The van der Waals surface area contributed by atoms with Crippen molar-refractivity contribution >= 4 is 6.03 Å². The van der Waals surface area contributed by atoms with Crippen LogP contribution in [-0.4, -0.2) is 84.5 Å². The standard InChI is InChI=1S/C16H26F3N5O2/c1-13-12-24(14(25)20-5-3-4-16(17,18)19)15(21-13)26-11-10-23-8-6-22(2)7-9-23/h12H,3-11H2,1-2H3,(H,20,25). The Balaban J connectivity index is 1.78. The van der Waals surface area contributed by atoms with E-state index in [9.17, 15) is 18.0 Å². The van der Waals surface area contributed by atoms with E-state index in [0.717, 1.165) is 32.7 Å². The number of ether oxygens (including phenoxy) is 1. The number of piperazine rings is 1. The average Bonchev–Trinajstić information content (AvgIpc) is 2.93. The van der Waals surface area contributed by atoms with E-state index in [0.29, 0.717) is 12.3 Å². The fourth-order valence-corrected chi connectivity index (χ4v) is 2.63. The highest BCUT2D eigenvalue weighted by Gasteiger charge is 2.26. The van der Waals surface area contributed by atoms with E-state index >= 15 is 0 Å². The molecule has 148 valence electrons. The van der Waals surface area contributed by atoms with Crippen LogP contribution in [0.25, 0.3) is 0 Å². The van der Waals surface area contributed by atoms with E-state index in [1.807, 2.05) is 0 Å². The lowest BCUT2D eigenvalue weighted by Crippen LogP contribution is -2.45. The number of nitrogens with one attached hydrogen (secondary N) is 1. The topological polar surface area (TPSA) is 62.6 Å². The normalized spacial score (nSPS) is 16.7. The van der Waals surface area contributed by atoms with Gasteiger partial charge in [0, 0.05) is 51.9 Å². The van der Waals surface area contributed by atoms with E-state index in [1.54, 1.807) is 6.92 Å². The number of aromatic nitrogens is 2. The fraction of sp³-hybridized carbons (Fsp3) is 0.750. The van der Waals surface area contributed by atoms with Crippen molar-refractivity contribution < 1.29 is 22.7 Å². The van der Waals surface area contributed by atoms with Crippen LogP contribution in [0.4, 0.5) is 18.0 Å². The number of amides is 1. The highest BCUT2D eigenvalue weighted by Crippen LogP contribution is 2.20. The molecule has 1 fully saturated rings. The predicted molar refractivity (Wildman–Crippen MR) is 90.5 cm³/mol. The second-order valence-electron chi connectivity index (χ2n) is 6.48. The molecule has 1 aliphatic heterocycles. The Morgan fingerprint density at radius 2 is 2.00 bits per heavy atom. The Bertz CT molecular complexity index is 583. The third kappa shape index (κ3) is 6.83. The van der Waals surface area contributed by atoms with Gasteiger partial charge in [0.25, 0.3) is 0 Å². The van der Waals surface area contributed by atoms with Crippen molar-refractivity contribution in [1.29, 1.82) is 0 Å². The number of aryl methyl sites for hydroxylation is 1. The van der Waals surface area contributed by atoms with Crippen molar-refractivity contribution in [2.45, 2.75) is 25.9 Å². The van der Waals surface area contributed by atoms with Crippen LogP contribution in [0.5, 0.6) is 6.01 Å². The molecule has 7 nitrogen and oxygen atoms in total. The maximum atomic E-state index is 12.1. The van der Waals surface area contributed by atoms with Crippen molar-refractivity contribution in [2.75, 3.05) is 52.9 Å². The first-order valence-electron chi connectivity index (χ1n) is 8.69. The molecule has 1 aromatic heterocycles. The monoisotopic (exact) mass is 377 g/mol. The van der Waals surface area contributed by atoms with Gasteiger partial charge >= 0.3 is 18.2 Å². The van der Waals surface area contributed by atoms with Crippen LogP contribution >= 0.6 is 0 Å². The van der Waals surface area contributed by atoms with E-state index in [4.69, 9.17) is 4.74 Å². The summed E-state index contributed by atoms with van der Waals surface area (Å²) in [5, 5.41) is 2.46. The number of hydrogen-bond acceptors (Lipinski definition) is 5. The van der Waals surface area contributed by atoms with Gasteiger partial charge in [0.05, 0.1) is 5.69 Å². The highest BCUT2D eigenvalue weighted by atomic mass is 19.4. The molecule has 26 heavy (non-hydrogen) atoms. The lowest BCUT2D eigenvalue weighted by molar-refractivity contribution is -0.135. The molecule has 0 aliphatic carbocycles. The van der Waals surface area contributed by atoms with E-state index in [2.05, 4.69) is 27.1 Å². The largest absolute Gasteiger partial charge is 0.463 e. The zero-order valence-electron chi connectivity index (χ0n) is 15.2. The number of rotatable bonds is 7. The Morgan fingerprint density at radius 1 is 1.31 bits per heavy atom. The van der Waals surface area contributed by atoms with E-state index in [1.165, 1.54) is 10.8 Å². The zero-order chi connectivity index (χ0) is 19.2. The van der Waals surface area contributed by atoms with Crippen LogP contribution in [0.3, 0.4) is 0 Å². The van der Waals surface area contributed by atoms with Crippen LogP contribution in [0, 0.1) is 6.92 Å². The van der Waals surface area contributed by atoms with Crippen LogP contribution in [-0.2, 0) is 0 Å². The molecule has 0 radical (unpaired) electrons. The zero-order valence-corrected chi connectivity index (χ0v) is 15.2. The van der Waals surface area contributed by atoms with Gasteiger partial charge in [-0.3, -0.25) is 4.90 Å². The maximum absolute atomic E-state index is 12.1. The lowest BCUT2D eigenvalue weighted by Gasteiger charge is -2.32. The number of carbonyl (C=O) groups is 1. The molecule has 10 heteroatoms. The predicted octanol–water partition coefficient (Wildman–Crippen LogP) is 1.72. The third-order valence-electron chi connectivity index (χ3n) is 4.16. The summed E-state index contributed by atoms with van der Waals surface area (Å²) in [5.41, 5.74) is 0.602. The SMILES string of the molecule is Cc1cn(C(=O)NCCCC(F)(F)F)c(OCCN2CCN(C)CC2)n1. The summed E-state index contributed by atoms with van der Waals surface area (Å²) in [4.78, 5) is 20.8. The van der Waals surface area contributed by atoms with Gasteiger partial charge in [-0.15, -0.1) is 0 Å². The van der Waals surface area contributed by atoms with Crippen LogP contribution < -0.4 is 10.1 Å². The van der Waals surface area contributed by atoms with Gasteiger partial charge in [0.1, 0.15) is 6.61 Å². The first-order valence-corrected chi connectivity index (χ1v) is 8.69. The molecule has 0 saturated carbocycles. The molecule has 1 aliphatic rings. The van der Waals surface area contributed by atoms with Gasteiger partial charge in [-0.1, -0.05) is 0 Å². The number of carbonyl (C=O) groups excluding carboxylic acids is 1. The molecule has 1 saturated heterocycles. The minimum absolute atomic E-state index is 0.0592. The van der Waals surface area contributed by atoms with Crippen LogP contribution in [0.1, 0.15) is 18.5 Å². The first-order chi connectivity index (χ1) is 12.2. The Labute approximate surface area is 151 Å². The smallest absolute Gasteiger partial charge is 0.389 e. The molecule has 2 heterocycles. The van der Waals surface area contributed by atoms with Gasteiger partial charge in [0.2, 0.25) is 0 Å². The number of alkyl halides is 3. The van der Waals surface area contributed by atoms with Gasteiger partial charge in [-0.2, -0.15) is 13.2 Å². The fourth-order valence-electron chi connectivity index (χ4n) is 2.63. The molecular formula is C16H26F3N5O2. The number of hydrogen-bond donors (Lipinski definition) is 1. The molecule has 1 aromatic rings. The number of nitrogens with zero attached hydrogens (tertiary/aromatic N) is 4. The van der Waals surface area contributed by atoms with Crippen molar-refractivity contribution in [3.05, 3.63) is 11.9 Å². The number of imidazole rings is 1. The second-order valence-corrected chi connectivity index (χ2v) is 6.48. The second kappa shape index (κ2) is 9.22. The summed E-state index contributed by atoms with van der Waals surface area (Å²) in [6.45, 7) is 6.73. The van der Waals surface area contributed by atoms with E-state index < -0.39 is 18.6 Å².